The molecule has 24 heavy (non-hydrogen) atoms. The monoisotopic (exact) mass is 322 g/mol. The lowest BCUT2D eigenvalue weighted by Gasteiger charge is -2.28. The first-order valence-corrected chi connectivity index (χ1v) is 8.79. The van der Waals surface area contributed by atoms with Crippen molar-refractivity contribution in [3.05, 3.63) is 46.9 Å². The number of nitrogens with zero attached hydrogens (tertiary/aromatic N) is 2. The highest BCUT2D eigenvalue weighted by Crippen LogP contribution is 2.43. The summed E-state index contributed by atoms with van der Waals surface area (Å²) in [7, 11) is 0. The van der Waals surface area contributed by atoms with Crippen molar-refractivity contribution in [3.63, 3.8) is 0 Å². The highest BCUT2D eigenvalue weighted by atomic mass is 15.0. The summed E-state index contributed by atoms with van der Waals surface area (Å²) in [5.74, 6) is 0.860. The fourth-order valence-electron chi connectivity index (χ4n) is 3.78. The predicted octanol–water partition coefficient (Wildman–Crippen LogP) is 5.06. The summed E-state index contributed by atoms with van der Waals surface area (Å²) in [6.45, 7) is 6.37. The molecular weight excluding hydrogens is 296 g/mol. The summed E-state index contributed by atoms with van der Waals surface area (Å²) in [5.41, 5.74) is 5.27. The van der Waals surface area contributed by atoms with Crippen molar-refractivity contribution in [1.29, 1.82) is 5.41 Å². The van der Waals surface area contributed by atoms with Gasteiger partial charge < -0.3 is 10.7 Å². The van der Waals surface area contributed by atoms with Crippen LogP contribution in [0.15, 0.2) is 24.4 Å². The normalized spacial score (nSPS) is 16.1. The number of hydrogen-bond acceptors (Lipinski definition) is 4. The minimum atomic E-state index is 0.237. The Kier molecular flexibility index (Phi) is 4.65. The van der Waals surface area contributed by atoms with Gasteiger partial charge in [0.05, 0.1) is 5.69 Å². The molecule has 0 radical (unpaired) electrons. The zero-order valence-electron chi connectivity index (χ0n) is 14.8. The molecule has 4 nitrogen and oxygen atoms in total. The molecule has 0 saturated heterocycles. The second-order valence-electron chi connectivity index (χ2n) is 6.94. The van der Waals surface area contributed by atoms with E-state index in [9.17, 15) is 0 Å². The van der Waals surface area contributed by atoms with Crippen LogP contribution >= 0.6 is 0 Å². The third-order valence-corrected chi connectivity index (χ3v) is 5.24. The molecule has 0 atom stereocenters. The maximum Gasteiger partial charge on any atom is 0.130 e. The largest absolute Gasteiger partial charge is 0.340 e. The summed E-state index contributed by atoms with van der Waals surface area (Å²) in [4.78, 5) is 9.22. The van der Waals surface area contributed by atoms with Crippen molar-refractivity contribution >= 4 is 17.7 Å². The lowest BCUT2D eigenvalue weighted by molar-refractivity contribution is 0.412. The van der Waals surface area contributed by atoms with Crippen LogP contribution < -0.4 is 5.32 Å². The molecule has 1 aliphatic rings. The number of rotatable bonds is 5. The van der Waals surface area contributed by atoms with E-state index in [2.05, 4.69) is 36.3 Å². The number of nitrogens with one attached hydrogen (secondary N) is 2. The second kappa shape index (κ2) is 6.71. The highest BCUT2D eigenvalue weighted by molar-refractivity contribution is 5.86. The Balaban J connectivity index is 1.98. The molecule has 1 fully saturated rings. The topological polar surface area (TPSA) is 61.7 Å². The van der Waals surface area contributed by atoms with E-state index in [1.54, 1.807) is 6.20 Å². The molecule has 0 unspecified atom stereocenters. The molecule has 126 valence electrons. The van der Waals surface area contributed by atoms with E-state index in [0.717, 1.165) is 29.2 Å². The molecule has 0 bridgehead atoms. The van der Waals surface area contributed by atoms with Gasteiger partial charge in [-0.15, -0.1) is 0 Å². The molecule has 2 N–H and O–H groups in total. The molecule has 3 rings (SSSR count). The maximum atomic E-state index is 7.58. The fraction of sp³-hybridized carbons (Fsp3) is 0.450. The van der Waals surface area contributed by atoms with Gasteiger partial charge in [-0.25, -0.2) is 4.98 Å². The van der Waals surface area contributed by atoms with Gasteiger partial charge in [0.25, 0.3) is 0 Å². The Bertz CT molecular complexity index is 745. The van der Waals surface area contributed by atoms with Crippen molar-refractivity contribution < 1.29 is 0 Å². The van der Waals surface area contributed by atoms with Crippen LogP contribution in [0, 0.1) is 19.3 Å². The van der Waals surface area contributed by atoms with Crippen molar-refractivity contribution in [3.8, 4) is 0 Å². The Morgan fingerprint density at radius 2 is 1.96 bits per heavy atom. The van der Waals surface area contributed by atoms with Crippen molar-refractivity contribution in [2.45, 2.75) is 58.3 Å². The van der Waals surface area contributed by atoms with Crippen LogP contribution in [0.4, 0.5) is 11.5 Å². The molecule has 1 aliphatic carbocycles. The lowest BCUT2D eigenvalue weighted by atomic mass is 9.79. The first kappa shape index (κ1) is 16.6. The number of hydrogen-bond donors (Lipinski definition) is 2. The Morgan fingerprint density at radius 1 is 1.21 bits per heavy atom. The number of aromatic nitrogens is 2. The molecular formula is C20H26N4. The molecule has 0 amide bonds. The molecule has 0 aromatic carbocycles. The van der Waals surface area contributed by atoms with Crippen molar-refractivity contribution in [2.24, 2.45) is 0 Å². The molecule has 2 heterocycles. The van der Waals surface area contributed by atoms with Crippen LogP contribution in [0.3, 0.4) is 0 Å². The Morgan fingerprint density at radius 3 is 2.62 bits per heavy atom. The van der Waals surface area contributed by atoms with Gasteiger partial charge in [-0.1, -0.05) is 19.8 Å². The standard InChI is InChI=1S/C20H26N4/c1-4-20(7-5-6-8-20)18-9-14(2)10-19(24-18)23-17-11-15(3)22-13-16(17)12-21/h9-13,21H,4-8H2,1-3H3,(H,22,23,24). The molecule has 2 aromatic rings. The Labute approximate surface area is 144 Å². The van der Waals surface area contributed by atoms with Gasteiger partial charge in [0.15, 0.2) is 0 Å². The predicted molar refractivity (Wildman–Crippen MR) is 99.6 cm³/mol. The average molecular weight is 322 g/mol. The van der Waals surface area contributed by atoms with Crippen LogP contribution in [0.25, 0.3) is 0 Å². The summed E-state index contributed by atoms with van der Waals surface area (Å²) < 4.78 is 0. The molecule has 1 saturated carbocycles. The van der Waals surface area contributed by atoms with E-state index in [4.69, 9.17) is 10.4 Å². The minimum Gasteiger partial charge on any atom is -0.340 e. The minimum absolute atomic E-state index is 0.237. The van der Waals surface area contributed by atoms with Gasteiger partial charge in [0, 0.05) is 34.8 Å². The van der Waals surface area contributed by atoms with E-state index < -0.39 is 0 Å². The SMILES string of the molecule is CCC1(c2cc(C)cc(Nc3cc(C)ncc3C=N)n2)CCCC1. The first-order chi connectivity index (χ1) is 11.6. The van der Waals surface area contributed by atoms with E-state index >= 15 is 0 Å². The first-order valence-electron chi connectivity index (χ1n) is 8.79. The average Bonchev–Trinajstić information content (AvgIpc) is 3.05. The molecule has 2 aromatic heterocycles. The third kappa shape index (κ3) is 3.18. The summed E-state index contributed by atoms with van der Waals surface area (Å²) >= 11 is 0. The van der Waals surface area contributed by atoms with Crippen LogP contribution in [-0.2, 0) is 5.41 Å². The number of anilines is 2. The van der Waals surface area contributed by atoms with Gasteiger partial charge in [-0.3, -0.25) is 4.98 Å². The number of pyridine rings is 2. The lowest BCUT2D eigenvalue weighted by Crippen LogP contribution is -2.23. The van der Waals surface area contributed by atoms with E-state index in [1.165, 1.54) is 43.2 Å². The van der Waals surface area contributed by atoms with Crippen LogP contribution in [0.1, 0.15) is 61.5 Å². The zero-order valence-corrected chi connectivity index (χ0v) is 14.8. The fourth-order valence-corrected chi connectivity index (χ4v) is 3.78. The van der Waals surface area contributed by atoms with Crippen molar-refractivity contribution in [1.82, 2.24) is 9.97 Å². The van der Waals surface area contributed by atoms with E-state index in [-0.39, 0.29) is 5.41 Å². The number of aryl methyl sites for hydroxylation is 2. The third-order valence-electron chi connectivity index (χ3n) is 5.24. The molecule has 0 spiro atoms. The molecule has 0 aliphatic heterocycles. The van der Waals surface area contributed by atoms with E-state index in [0.29, 0.717) is 0 Å². The van der Waals surface area contributed by atoms with Gasteiger partial charge in [0.2, 0.25) is 0 Å². The Hall–Kier alpha value is -2.23. The summed E-state index contributed by atoms with van der Waals surface area (Å²) in [6.07, 6.45) is 9.27. The van der Waals surface area contributed by atoms with Gasteiger partial charge in [0.1, 0.15) is 5.82 Å². The maximum absolute atomic E-state index is 7.58. The zero-order chi connectivity index (χ0) is 17.2. The quantitative estimate of drug-likeness (QED) is 0.757. The smallest absolute Gasteiger partial charge is 0.130 e. The van der Waals surface area contributed by atoms with Crippen LogP contribution in [0.2, 0.25) is 0 Å². The van der Waals surface area contributed by atoms with Crippen LogP contribution in [-0.4, -0.2) is 16.2 Å². The van der Waals surface area contributed by atoms with Gasteiger partial charge in [-0.05, 0) is 56.9 Å². The van der Waals surface area contributed by atoms with Gasteiger partial charge in [-0.2, -0.15) is 0 Å². The van der Waals surface area contributed by atoms with Crippen LogP contribution in [0.5, 0.6) is 0 Å². The molecule has 4 heteroatoms. The highest BCUT2D eigenvalue weighted by Gasteiger charge is 2.35. The van der Waals surface area contributed by atoms with E-state index in [1.807, 2.05) is 13.0 Å². The summed E-state index contributed by atoms with van der Waals surface area (Å²) in [5, 5.41) is 11.0. The van der Waals surface area contributed by atoms with Crippen molar-refractivity contribution in [2.75, 3.05) is 5.32 Å². The van der Waals surface area contributed by atoms with Gasteiger partial charge >= 0.3 is 0 Å². The summed E-state index contributed by atoms with van der Waals surface area (Å²) in [6, 6.07) is 6.29. The second-order valence-corrected chi connectivity index (χ2v) is 6.94.